The molecule has 0 saturated heterocycles. The molecule has 0 heterocycles. The molecular weight excluding hydrogens is 306 g/mol. The lowest BCUT2D eigenvalue weighted by atomic mass is 10.2. The summed E-state index contributed by atoms with van der Waals surface area (Å²) < 4.78 is 6.82. The Morgan fingerprint density at radius 2 is 1.89 bits per heavy atom. The third-order valence-corrected chi connectivity index (χ3v) is 3.36. The molecule has 0 atom stereocenters. The molecule has 4 heteroatoms. The van der Waals surface area contributed by atoms with Crippen LogP contribution in [0.4, 0.5) is 0 Å². The van der Waals surface area contributed by atoms with Crippen molar-refractivity contribution in [1.29, 1.82) is 0 Å². The van der Waals surface area contributed by atoms with Crippen LogP contribution in [0.15, 0.2) is 46.9 Å². The van der Waals surface area contributed by atoms with Crippen molar-refractivity contribution in [2.45, 2.75) is 13.2 Å². The summed E-state index contributed by atoms with van der Waals surface area (Å²) in [6.45, 7) is 1.23. The number of phenolic OH excluding ortho intramolecular Hbond substituents is 1. The van der Waals surface area contributed by atoms with E-state index in [-0.39, 0.29) is 5.75 Å². The molecule has 0 spiro atoms. The maximum atomic E-state index is 9.24. The summed E-state index contributed by atoms with van der Waals surface area (Å²) in [7, 11) is 1.91. The Hall–Kier alpha value is -1.52. The van der Waals surface area contributed by atoms with Gasteiger partial charge in [-0.3, -0.25) is 0 Å². The van der Waals surface area contributed by atoms with E-state index in [1.165, 1.54) is 0 Å². The first-order valence-electron chi connectivity index (χ1n) is 6.03. The molecule has 0 amide bonds. The van der Waals surface area contributed by atoms with Crippen LogP contribution in [-0.4, -0.2) is 12.2 Å². The van der Waals surface area contributed by atoms with Gasteiger partial charge in [0.05, 0.1) is 4.47 Å². The van der Waals surface area contributed by atoms with Gasteiger partial charge in [-0.15, -0.1) is 0 Å². The van der Waals surface area contributed by atoms with Crippen LogP contribution in [0.25, 0.3) is 0 Å². The van der Waals surface area contributed by atoms with Crippen molar-refractivity contribution >= 4 is 15.9 Å². The second-order valence-electron chi connectivity index (χ2n) is 4.21. The number of hydrogen-bond acceptors (Lipinski definition) is 3. The van der Waals surface area contributed by atoms with Crippen LogP contribution in [0.1, 0.15) is 11.1 Å². The van der Waals surface area contributed by atoms with Gasteiger partial charge < -0.3 is 15.2 Å². The highest BCUT2D eigenvalue weighted by Crippen LogP contribution is 2.29. The zero-order valence-electron chi connectivity index (χ0n) is 10.7. The normalized spacial score (nSPS) is 10.4. The predicted octanol–water partition coefficient (Wildman–Crippen LogP) is 3.45. The summed E-state index contributed by atoms with van der Waals surface area (Å²) in [5, 5.41) is 12.4. The van der Waals surface area contributed by atoms with Gasteiger partial charge in [0.15, 0.2) is 0 Å². The number of ether oxygens (including phenoxy) is 1. The van der Waals surface area contributed by atoms with E-state index in [4.69, 9.17) is 4.74 Å². The number of nitrogens with one attached hydrogen (secondary N) is 1. The molecule has 0 aliphatic heterocycles. The van der Waals surface area contributed by atoms with Gasteiger partial charge >= 0.3 is 0 Å². The van der Waals surface area contributed by atoms with Crippen molar-refractivity contribution < 1.29 is 9.84 Å². The number of halogens is 1. The molecule has 100 valence electrons. The number of benzene rings is 2. The maximum Gasteiger partial charge on any atom is 0.138 e. The first-order valence-corrected chi connectivity index (χ1v) is 6.82. The minimum atomic E-state index is 0.264. The SMILES string of the molecule is CNCc1cccc(Br)c1OCc1ccc(O)cc1. The van der Waals surface area contributed by atoms with Crippen molar-refractivity contribution in [1.82, 2.24) is 5.32 Å². The summed E-state index contributed by atoms with van der Waals surface area (Å²) in [6, 6.07) is 13.0. The molecule has 2 aromatic rings. The largest absolute Gasteiger partial charge is 0.508 e. The van der Waals surface area contributed by atoms with Crippen LogP contribution in [0.3, 0.4) is 0 Å². The summed E-state index contributed by atoms with van der Waals surface area (Å²) in [5.74, 6) is 1.12. The van der Waals surface area contributed by atoms with Gasteiger partial charge in [-0.2, -0.15) is 0 Å². The van der Waals surface area contributed by atoms with E-state index in [9.17, 15) is 5.11 Å². The average Bonchev–Trinajstić information content (AvgIpc) is 2.40. The van der Waals surface area contributed by atoms with E-state index in [0.29, 0.717) is 6.61 Å². The van der Waals surface area contributed by atoms with E-state index in [2.05, 4.69) is 21.2 Å². The molecule has 0 radical (unpaired) electrons. The smallest absolute Gasteiger partial charge is 0.138 e. The zero-order valence-corrected chi connectivity index (χ0v) is 12.3. The van der Waals surface area contributed by atoms with E-state index in [0.717, 1.165) is 27.9 Å². The molecule has 0 aliphatic carbocycles. The second-order valence-corrected chi connectivity index (χ2v) is 5.07. The van der Waals surface area contributed by atoms with Gasteiger partial charge in [0.25, 0.3) is 0 Å². The van der Waals surface area contributed by atoms with Crippen LogP contribution in [0, 0.1) is 0 Å². The topological polar surface area (TPSA) is 41.5 Å². The van der Waals surface area contributed by atoms with E-state index >= 15 is 0 Å². The number of para-hydroxylation sites is 1. The molecule has 0 fully saturated rings. The first kappa shape index (κ1) is 13.9. The molecule has 0 aliphatic rings. The lowest BCUT2D eigenvalue weighted by Crippen LogP contribution is -2.08. The predicted molar refractivity (Wildman–Crippen MR) is 79.3 cm³/mol. The Kier molecular flexibility index (Phi) is 4.82. The van der Waals surface area contributed by atoms with Gasteiger partial charge in [0.1, 0.15) is 18.1 Å². The van der Waals surface area contributed by atoms with Crippen molar-refractivity contribution in [2.75, 3.05) is 7.05 Å². The molecule has 0 saturated carbocycles. The van der Waals surface area contributed by atoms with Crippen molar-refractivity contribution in [2.24, 2.45) is 0 Å². The quantitative estimate of drug-likeness (QED) is 0.886. The highest BCUT2D eigenvalue weighted by molar-refractivity contribution is 9.10. The van der Waals surface area contributed by atoms with Crippen LogP contribution in [-0.2, 0) is 13.2 Å². The fraction of sp³-hybridized carbons (Fsp3) is 0.200. The number of hydrogen-bond donors (Lipinski definition) is 2. The zero-order chi connectivity index (χ0) is 13.7. The standard InChI is InChI=1S/C15H16BrNO2/c1-17-9-12-3-2-4-14(16)15(12)19-10-11-5-7-13(18)8-6-11/h2-8,17-18H,9-10H2,1H3. The number of aromatic hydroxyl groups is 1. The van der Waals surface area contributed by atoms with Gasteiger partial charge in [-0.1, -0.05) is 24.3 Å². The third kappa shape index (κ3) is 3.72. The third-order valence-electron chi connectivity index (χ3n) is 2.74. The Morgan fingerprint density at radius 1 is 1.16 bits per heavy atom. The lowest BCUT2D eigenvalue weighted by molar-refractivity contribution is 0.300. The molecule has 0 aromatic heterocycles. The minimum absolute atomic E-state index is 0.264. The van der Waals surface area contributed by atoms with Gasteiger partial charge in [-0.25, -0.2) is 0 Å². The summed E-state index contributed by atoms with van der Waals surface area (Å²) >= 11 is 3.51. The van der Waals surface area contributed by atoms with Gasteiger partial charge in [0.2, 0.25) is 0 Å². The van der Waals surface area contributed by atoms with E-state index in [1.54, 1.807) is 12.1 Å². The molecule has 0 bridgehead atoms. The summed E-state index contributed by atoms with van der Waals surface area (Å²) in [4.78, 5) is 0. The molecule has 3 nitrogen and oxygen atoms in total. The summed E-state index contributed by atoms with van der Waals surface area (Å²) in [6.07, 6.45) is 0. The fourth-order valence-electron chi connectivity index (χ4n) is 1.79. The molecule has 2 rings (SSSR count). The fourth-order valence-corrected chi connectivity index (χ4v) is 2.31. The molecule has 0 unspecified atom stereocenters. The van der Waals surface area contributed by atoms with E-state index in [1.807, 2.05) is 37.4 Å². The first-order chi connectivity index (χ1) is 9.20. The Labute approximate surface area is 121 Å². The number of phenols is 1. The van der Waals surface area contributed by atoms with Crippen LogP contribution in [0.2, 0.25) is 0 Å². The van der Waals surface area contributed by atoms with Crippen LogP contribution < -0.4 is 10.1 Å². The maximum absolute atomic E-state index is 9.24. The molecular formula is C15H16BrNO2. The monoisotopic (exact) mass is 321 g/mol. The highest BCUT2D eigenvalue weighted by Gasteiger charge is 2.07. The van der Waals surface area contributed by atoms with Crippen LogP contribution >= 0.6 is 15.9 Å². The average molecular weight is 322 g/mol. The van der Waals surface area contributed by atoms with E-state index < -0.39 is 0 Å². The number of rotatable bonds is 5. The highest BCUT2D eigenvalue weighted by atomic mass is 79.9. The van der Waals surface area contributed by atoms with Crippen molar-refractivity contribution in [3.63, 3.8) is 0 Å². The van der Waals surface area contributed by atoms with Crippen LogP contribution in [0.5, 0.6) is 11.5 Å². The molecule has 2 aromatic carbocycles. The minimum Gasteiger partial charge on any atom is -0.508 e. The summed E-state index contributed by atoms with van der Waals surface area (Å²) in [5.41, 5.74) is 2.12. The van der Waals surface area contributed by atoms with Gasteiger partial charge in [-0.05, 0) is 46.7 Å². The Morgan fingerprint density at radius 3 is 2.58 bits per heavy atom. The Balaban J connectivity index is 2.12. The molecule has 2 N–H and O–H groups in total. The van der Waals surface area contributed by atoms with Crippen molar-refractivity contribution in [3.05, 3.63) is 58.1 Å². The van der Waals surface area contributed by atoms with Gasteiger partial charge in [0, 0.05) is 12.1 Å². The Bertz CT molecular complexity index is 540. The lowest BCUT2D eigenvalue weighted by Gasteiger charge is -2.13. The molecule has 19 heavy (non-hydrogen) atoms. The second kappa shape index (κ2) is 6.59. The van der Waals surface area contributed by atoms with Crippen molar-refractivity contribution in [3.8, 4) is 11.5 Å².